The van der Waals surface area contributed by atoms with Gasteiger partial charge in [-0.05, 0) is 37.8 Å². The highest BCUT2D eigenvalue weighted by atomic mass is 32.2. The summed E-state index contributed by atoms with van der Waals surface area (Å²) in [6, 6.07) is 4.81. The van der Waals surface area contributed by atoms with Gasteiger partial charge in [0.15, 0.2) is 0 Å². The van der Waals surface area contributed by atoms with E-state index in [1.165, 1.54) is 37.1 Å². The Labute approximate surface area is 197 Å². The van der Waals surface area contributed by atoms with E-state index in [-0.39, 0.29) is 0 Å². The number of anilines is 1. The van der Waals surface area contributed by atoms with E-state index < -0.39 is 10.8 Å². The van der Waals surface area contributed by atoms with Crippen molar-refractivity contribution in [3.8, 4) is 0 Å². The summed E-state index contributed by atoms with van der Waals surface area (Å²) in [5.41, 5.74) is 4.39. The van der Waals surface area contributed by atoms with Crippen molar-refractivity contribution in [2.75, 3.05) is 11.6 Å². The second-order valence-corrected chi connectivity index (χ2v) is 9.85. The summed E-state index contributed by atoms with van der Waals surface area (Å²) < 4.78 is 15.4. The molecule has 0 aliphatic heterocycles. The molecule has 1 atom stereocenters. The van der Waals surface area contributed by atoms with Crippen molar-refractivity contribution in [1.29, 1.82) is 0 Å². The molecule has 9 heteroatoms. The molecule has 1 N–H and O–H groups in total. The van der Waals surface area contributed by atoms with E-state index in [1.54, 1.807) is 12.5 Å². The lowest BCUT2D eigenvalue weighted by atomic mass is 10.2. The lowest BCUT2D eigenvalue weighted by Gasteiger charge is -2.11. The molecular weight excluding hydrogens is 434 g/mol. The maximum absolute atomic E-state index is 11.3. The van der Waals surface area contributed by atoms with Gasteiger partial charge in [-0.1, -0.05) is 26.7 Å². The molecule has 8 nitrogen and oxygen atoms in total. The van der Waals surface area contributed by atoms with Crippen molar-refractivity contribution in [2.45, 2.75) is 63.6 Å². The Morgan fingerprint density at radius 1 is 0.939 bits per heavy atom. The summed E-state index contributed by atoms with van der Waals surface area (Å²) in [5, 5.41) is 5.98. The second kappa shape index (κ2) is 9.99. The predicted molar refractivity (Wildman–Crippen MR) is 134 cm³/mol. The van der Waals surface area contributed by atoms with E-state index >= 15 is 0 Å². The Morgan fingerprint density at radius 2 is 1.48 bits per heavy atom. The largest absolute Gasteiger partial charge is 0.351 e. The minimum Gasteiger partial charge on any atom is -0.351 e. The van der Waals surface area contributed by atoms with Crippen LogP contribution in [-0.2, 0) is 37.7 Å². The van der Waals surface area contributed by atoms with Crippen LogP contribution in [0.5, 0.6) is 0 Å². The van der Waals surface area contributed by atoms with Gasteiger partial charge in [-0.15, -0.1) is 0 Å². The molecule has 0 saturated heterocycles. The van der Waals surface area contributed by atoms with E-state index in [4.69, 9.17) is 0 Å². The van der Waals surface area contributed by atoms with Gasteiger partial charge in [-0.3, -0.25) is 4.21 Å². The van der Waals surface area contributed by atoms with E-state index in [0.29, 0.717) is 11.2 Å². The molecule has 176 valence electrons. The number of aryl methyl sites for hydroxylation is 4. The summed E-state index contributed by atoms with van der Waals surface area (Å²) in [4.78, 5) is 17.4. The molecule has 5 rings (SSSR count). The summed E-state index contributed by atoms with van der Waals surface area (Å²) in [5.74, 6) is 0.776. The van der Waals surface area contributed by atoms with Gasteiger partial charge in [-0.2, -0.15) is 4.98 Å². The third-order valence-electron chi connectivity index (χ3n) is 6.38. The Bertz CT molecular complexity index is 1290. The smallest absolute Gasteiger partial charge is 0.224 e. The molecule has 4 heterocycles. The molecule has 4 aromatic heterocycles. The van der Waals surface area contributed by atoms with Crippen LogP contribution < -0.4 is 5.32 Å². The molecule has 1 saturated carbocycles. The minimum atomic E-state index is -1.12. The van der Waals surface area contributed by atoms with Crippen LogP contribution >= 0.6 is 0 Å². The average Bonchev–Trinajstić information content (AvgIpc) is 3.52. The van der Waals surface area contributed by atoms with Gasteiger partial charge in [-0.25, -0.2) is 15.0 Å². The standard InChI is InChI=1S/C14H20N4.C10H13N3OS/c1-3-12-8-10-9-15-14(17-13(10)18(12)2)16-11-6-4-5-7-11;1-4-8-5-7-6-11-10(15(3)14)12-9(7)13(8)2/h8-9,11H,3-7H2,1-2H3,(H,15,16,17);5-6H,4H2,1-3H3. The first-order valence-electron chi connectivity index (χ1n) is 11.6. The Balaban J connectivity index is 0.000000160. The van der Waals surface area contributed by atoms with Gasteiger partial charge < -0.3 is 14.5 Å². The number of fused-ring (bicyclic) bond motifs is 2. The molecule has 0 amide bonds. The molecular formula is C24H33N7OS. The maximum Gasteiger partial charge on any atom is 0.224 e. The van der Waals surface area contributed by atoms with E-state index in [1.807, 2.05) is 17.8 Å². The number of nitrogens with zero attached hydrogens (tertiary/aromatic N) is 6. The zero-order valence-corrected chi connectivity index (χ0v) is 20.9. The topological polar surface area (TPSA) is 90.5 Å². The SMILES string of the molecule is CCc1cc2cnc(NC3CCCC3)nc2n1C.CCc1cc2cnc(S(C)=O)nc2n1C. The van der Waals surface area contributed by atoms with Gasteiger partial charge in [0.1, 0.15) is 11.3 Å². The number of hydrogen-bond donors (Lipinski definition) is 1. The van der Waals surface area contributed by atoms with Crippen LogP contribution in [0, 0.1) is 0 Å². The summed E-state index contributed by atoms with van der Waals surface area (Å²) in [7, 11) is 2.92. The van der Waals surface area contributed by atoms with Crippen LogP contribution in [0.1, 0.15) is 50.9 Å². The molecule has 1 unspecified atom stereocenters. The Hall–Kier alpha value is -2.81. The molecule has 1 fully saturated rings. The first-order valence-corrected chi connectivity index (χ1v) is 13.2. The Kier molecular flexibility index (Phi) is 7.07. The first kappa shape index (κ1) is 23.4. The lowest BCUT2D eigenvalue weighted by Crippen LogP contribution is -2.16. The van der Waals surface area contributed by atoms with Crippen LogP contribution in [0.15, 0.2) is 29.7 Å². The molecule has 0 aromatic carbocycles. The highest BCUT2D eigenvalue weighted by Crippen LogP contribution is 2.23. The monoisotopic (exact) mass is 467 g/mol. The van der Waals surface area contributed by atoms with E-state index in [2.05, 4.69) is 62.8 Å². The molecule has 1 aliphatic carbocycles. The number of nitrogens with one attached hydrogen (secondary N) is 1. The third kappa shape index (κ3) is 4.93. The average molecular weight is 468 g/mol. The third-order valence-corrected chi connectivity index (χ3v) is 7.09. The van der Waals surface area contributed by atoms with Crippen LogP contribution in [0.3, 0.4) is 0 Å². The normalized spacial score (nSPS) is 15.1. The van der Waals surface area contributed by atoms with Crippen molar-refractivity contribution < 1.29 is 4.21 Å². The summed E-state index contributed by atoms with van der Waals surface area (Å²) in [6.45, 7) is 4.26. The van der Waals surface area contributed by atoms with Crippen molar-refractivity contribution in [3.05, 3.63) is 35.9 Å². The van der Waals surface area contributed by atoms with Gasteiger partial charge >= 0.3 is 0 Å². The molecule has 33 heavy (non-hydrogen) atoms. The van der Waals surface area contributed by atoms with Crippen molar-refractivity contribution in [3.63, 3.8) is 0 Å². The highest BCUT2D eigenvalue weighted by Gasteiger charge is 2.16. The maximum atomic E-state index is 11.3. The summed E-state index contributed by atoms with van der Waals surface area (Å²) in [6.07, 6.45) is 12.4. The van der Waals surface area contributed by atoms with Gasteiger partial charge in [0.2, 0.25) is 11.1 Å². The predicted octanol–water partition coefficient (Wildman–Crippen LogP) is 4.15. The van der Waals surface area contributed by atoms with Gasteiger partial charge in [0.05, 0.1) is 10.8 Å². The fourth-order valence-corrected chi connectivity index (χ4v) is 4.87. The van der Waals surface area contributed by atoms with Crippen LogP contribution in [0.2, 0.25) is 0 Å². The van der Waals surface area contributed by atoms with E-state index in [9.17, 15) is 4.21 Å². The molecule has 4 aromatic rings. The van der Waals surface area contributed by atoms with Crippen LogP contribution in [0.25, 0.3) is 22.1 Å². The lowest BCUT2D eigenvalue weighted by molar-refractivity contribution is 0.680. The number of hydrogen-bond acceptors (Lipinski definition) is 6. The number of rotatable bonds is 5. The molecule has 0 bridgehead atoms. The minimum absolute atomic E-state index is 0.395. The second-order valence-electron chi connectivity index (χ2n) is 8.58. The molecule has 1 aliphatic rings. The van der Waals surface area contributed by atoms with Gasteiger partial charge in [0.25, 0.3) is 0 Å². The zero-order chi connectivity index (χ0) is 23.5. The number of aromatic nitrogens is 6. The first-order chi connectivity index (χ1) is 15.9. The van der Waals surface area contributed by atoms with E-state index in [0.717, 1.165) is 40.9 Å². The fraction of sp³-hybridized carbons (Fsp3) is 0.500. The van der Waals surface area contributed by atoms with Crippen molar-refractivity contribution in [1.82, 2.24) is 29.1 Å². The molecule has 0 spiro atoms. The fourth-order valence-electron chi connectivity index (χ4n) is 4.45. The summed E-state index contributed by atoms with van der Waals surface area (Å²) >= 11 is 0. The van der Waals surface area contributed by atoms with Crippen molar-refractivity contribution in [2.24, 2.45) is 14.1 Å². The molecule has 0 radical (unpaired) electrons. The van der Waals surface area contributed by atoms with Crippen molar-refractivity contribution >= 4 is 38.8 Å². The highest BCUT2D eigenvalue weighted by molar-refractivity contribution is 7.84. The van der Waals surface area contributed by atoms with Crippen LogP contribution in [-0.4, -0.2) is 45.6 Å². The zero-order valence-electron chi connectivity index (χ0n) is 20.1. The quantitative estimate of drug-likeness (QED) is 0.443. The Morgan fingerprint density at radius 3 is 2.03 bits per heavy atom. The van der Waals surface area contributed by atoms with Crippen LogP contribution in [0.4, 0.5) is 5.95 Å². The van der Waals surface area contributed by atoms with Gasteiger partial charge in [0, 0.05) is 60.9 Å².